The summed E-state index contributed by atoms with van der Waals surface area (Å²) in [5, 5.41) is 8.65. The summed E-state index contributed by atoms with van der Waals surface area (Å²) in [5.41, 5.74) is 1.32. The van der Waals surface area contributed by atoms with Crippen LogP contribution in [0.3, 0.4) is 0 Å². The molecule has 15 heavy (non-hydrogen) atoms. The van der Waals surface area contributed by atoms with Crippen molar-refractivity contribution in [2.24, 2.45) is 0 Å². The summed E-state index contributed by atoms with van der Waals surface area (Å²) < 4.78 is 0. The van der Waals surface area contributed by atoms with Gasteiger partial charge in [-0.1, -0.05) is 44.2 Å². The zero-order valence-electron chi connectivity index (χ0n) is 10.1. The van der Waals surface area contributed by atoms with Crippen molar-refractivity contribution in [1.82, 2.24) is 4.90 Å². The van der Waals surface area contributed by atoms with Crippen molar-refractivity contribution >= 4 is 0 Å². The molecule has 0 saturated heterocycles. The zero-order valence-corrected chi connectivity index (χ0v) is 10.1. The smallest absolute Gasteiger partial charge is 0.0443 e. The van der Waals surface area contributed by atoms with E-state index in [0.717, 1.165) is 19.5 Å². The monoisotopic (exact) mass is 209 g/mol. The lowest BCUT2D eigenvalue weighted by molar-refractivity contribution is 0.244. The normalized spacial score (nSPS) is 9.67. The average molecular weight is 209 g/mol. The van der Waals surface area contributed by atoms with E-state index < -0.39 is 0 Å². The van der Waals surface area contributed by atoms with Crippen molar-refractivity contribution in [1.29, 1.82) is 0 Å². The van der Waals surface area contributed by atoms with E-state index in [1.54, 1.807) is 0 Å². The van der Waals surface area contributed by atoms with Gasteiger partial charge in [0.15, 0.2) is 0 Å². The molecule has 0 aromatic heterocycles. The molecule has 2 heteroatoms. The summed E-state index contributed by atoms with van der Waals surface area (Å²) in [5.74, 6) is 0. The summed E-state index contributed by atoms with van der Waals surface area (Å²) >= 11 is 0. The van der Waals surface area contributed by atoms with Gasteiger partial charge in [0.1, 0.15) is 0 Å². The maximum atomic E-state index is 8.65. The number of rotatable bonds is 5. The Hall–Kier alpha value is -0.860. The van der Waals surface area contributed by atoms with Crippen LogP contribution in [0.5, 0.6) is 0 Å². The first kappa shape index (κ1) is 14.1. The Morgan fingerprint density at radius 3 is 2.27 bits per heavy atom. The van der Waals surface area contributed by atoms with Crippen molar-refractivity contribution in [3.8, 4) is 0 Å². The Bertz CT molecular complexity index is 223. The van der Waals surface area contributed by atoms with E-state index in [0.29, 0.717) is 0 Å². The number of aliphatic hydroxyl groups excluding tert-OH is 1. The lowest BCUT2D eigenvalue weighted by atomic mass is 10.2. The van der Waals surface area contributed by atoms with Gasteiger partial charge in [0.2, 0.25) is 0 Å². The quantitative estimate of drug-likeness (QED) is 0.805. The maximum absolute atomic E-state index is 8.65. The highest BCUT2D eigenvalue weighted by molar-refractivity contribution is 5.14. The molecule has 0 heterocycles. The molecule has 0 saturated carbocycles. The molecule has 0 unspecified atom stereocenters. The third-order valence-corrected chi connectivity index (χ3v) is 1.99. The zero-order chi connectivity index (χ0) is 11.5. The fourth-order valence-electron chi connectivity index (χ4n) is 1.31. The van der Waals surface area contributed by atoms with E-state index >= 15 is 0 Å². The van der Waals surface area contributed by atoms with Gasteiger partial charge in [0.25, 0.3) is 0 Å². The van der Waals surface area contributed by atoms with Crippen LogP contribution in [0, 0.1) is 0 Å². The Balaban J connectivity index is 0.000000921. The van der Waals surface area contributed by atoms with Gasteiger partial charge in [0.05, 0.1) is 0 Å². The largest absolute Gasteiger partial charge is 0.396 e. The van der Waals surface area contributed by atoms with Gasteiger partial charge in [-0.3, -0.25) is 0 Å². The van der Waals surface area contributed by atoms with Crippen LogP contribution >= 0.6 is 0 Å². The van der Waals surface area contributed by atoms with Crippen LogP contribution in [0.25, 0.3) is 0 Å². The maximum Gasteiger partial charge on any atom is 0.0443 e. The predicted octanol–water partition coefficient (Wildman–Crippen LogP) is 2.53. The second kappa shape index (κ2) is 9.69. The lowest BCUT2D eigenvalue weighted by Crippen LogP contribution is -2.19. The minimum absolute atomic E-state index is 0.277. The molecular weight excluding hydrogens is 186 g/mol. The molecule has 1 aromatic carbocycles. The first-order valence-corrected chi connectivity index (χ1v) is 5.66. The Labute approximate surface area is 93.5 Å². The van der Waals surface area contributed by atoms with Gasteiger partial charge < -0.3 is 10.0 Å². The second-order valence-electron chi connectivity index (χ2n) is 3.30. The number of benzene rings is 1. The minimum Gasteiger partial charge on any atom is -0.396 e. The molecule has 0 aliphatic carbocycles. The van der Waals surface area contributed by atoms with Crippen LogP contribution in [0.15, 0.2) is 30.3 Å². The van der Waals surface area contributed by atoms with Gasteiger partial charge in [-0.25, -0.2) is 0 Å². The van der Waals surface area contributed by atoms with Crippen molar-refractivity contribution < 1.29 is 5.11 Å². The van der Waals surface area contributed by atoms with Crippen LogP contribution in [0.2, 0.25) is 0 Å². The first-order chi connectivity index (χ1) is 7.33. The molecular formula is C13H23NO. The van der Waals surface area contributed by atoms with Crippen LogP contribution in [-0.4, -0.2) is 30.2 Å². The fraction of sp³-hybridized carbons (Fsp3) is 0.538. The molecule has 0 amide bonds. The van der Waals surface area contributed by atoms with E-state index in [1.807, 2.05) is 19.9 Å². The highest BCUT2D eigenvalue weighted by Gasteiger charge is 1.98. The third kappa shape index (κ3) is 7.11. The predicted molar refractivity (Wildman–Crippen MR) is 65.8 cm³/mol. The molecule has 0 bridgehead atoms. The number of hydrogen-bond acceptors (Lipinski definition) is 2. The van der Waals surface area contributed by atoms with Crippen molar-refractivity contribution in [2.75, 3.05) is 20.2 Å². The van der Waals surface area contributed by atoms with Gasteiger partial charge in [-0.2, -0.15) is 0 Å². The van der Waals surface area contributed by atoms with Gasteiger partial charge in [-0.15, -0.1) is 0 Å². The molecule has 0 spiro atoms. The Morgan fingerprint density at radius 1 is 1.13 bits per heavy atom. The molecule has 0 radical (unpaired) electrons. The average Bonchev–Trinajstić information content (AvgIpc) is 2.30. The Kier molecular flexibility index (Phi) is 9.13. The lowest BCUT2D eigenvalue weighted by Gasteiger charge is -2.15. The van der Waals surface area contributed by atoms with E-state index in [1.165, 1.54) is 5.56 Å². The summed E-state index contributed by atoms with van der Waals surface area (Å²) in [7, 11) is 2.07. The number of hydrogen-bond donors (Lipinski definition) is 1. The van der Waals surface area contributed by atoms with Crippen LogP contribution in [-0.2, 0) is 6.54 Å². The number of nitrogens with zero attached hydrogens (tertiary/aromatic N) is 1. The van der Waals surface area contributed by atoms with E-state index in [-0.39, 0.29) is 6.61 Å². The van der Waals surface area contributed by atoms with Crippen molar-refractivity contribution in [3.63, 3.8) is 0 Å². The van der Waals surface area contributed by atoms with E-state index in [9.17, 15) is 0 Å². The van der Waals surface area contributed by atoms with Crippen LogP contribution in [0.4, 0.5) is 0 Å². The molecule has 1 aromatic rings. The summed E-state index contributed by atoms with van der Waals surface area (Å²) in [6.07, 6.45) is 0.851. The first-order valence-electron chi connectivity index (χ1n) is 5.66. The van der Waals surface area contributed by atoms with E-state index in [2.05, 4.69) is 36.2 Å². The summed E-state index contributed by atoms with van der Waals surface area (Å²) in [6.45, 7) is 6.19. The summed E-state index contributed by atoms with van der Waals surface area (Å²) in [4.78, 5) is 2.21. The van der Waals surface area contributed by atoms with Gasteiger partial charge in [-0.05, 0) is 19.0 Å². The second-order valence-corrected chi connectivity index (χ2v) is 3.30. The molecule has 0 aliphatic rings. The highest BCUT2D eigenvalue weighted by Crippen LogP contribution is 2.02. The fourth-order valence-corrected chi connectivity index (χ4v) is 1.31. The van der Waals surface area contributed by atoms with E-state index in [4.69, 9.17) is 5.11 Å². The van der Waals surface area contributed by atoms with Crippen LogP contribution < -0.4 is 0 Å². The van der Waals surface area contributed by atoms with Crippen molar-refractivity contribution in [3.05, 3.63) is 35.9 Å². The number of aliphatic hydroxyl groups is 1. The molecule has 86 valence electrons. The molecule has 1 rings (SSSR count). The molecule has 2 nitrogen and oxygen atoms in total. The molecule has 0 fully saturated rings. The van der Waals surface area contributed by atoms with Crippen molar-refractivity contribution in [2.45, 2.75) is 26.8 Å². The SMILES string of the molecule is CC.CN(CCCO)Cc1ccccc1. The van der Waals surface area contributed by atoms with Gasteiger partial charge in [0, 0.05) is 19.7 Å². The van der Waals surface area contributed by atoms with Crippen LogP contribution in [0.1, 0.15) is 25.8 Å². The standard InChI is InChI=1S/C11H17NO.C2H6/c1-12(8-5-9-13)10-11-6-3-2-4-7-11;1-2/h2-4,6-7,13H,5,8-10H2,1H3;1-2H3. The third-order valence-electron chi connectivity index (χ3n) is 1.99. The van der Waals surface area contributed by atoms with Gasteiger partial charge >= 0.3 is 0 Å². The molecule has 1 N–H and O–H groups in total. The Morgan fingerprint density at radius 2 is 1.73 bits per heavy atom. The minimum atomic E-state index is 0.277. The molecule has 0 atom stereocenters. The highest BCUT2D eigenvalue weighted by atomic mass is 16.3. The molecule has 0 aliphatic heterocycles. The summed E-state index contributed by atoms with van der Waals surface area (Å²) in [6, 6.07) is 10.4. The topological polar surface area (TPSA) is 23.5 Å².